The van der Waals surface area contributed by atoms with Crippen LogP contribution in [-0.2, 0) is 4.74 Å². The molecule has 0 aromatic rings. The van der Waals surface area contributed by atoms with E-state index in [0.717, 1.165) is 12.8 Å². The molecule has 0 aliphatic carbocycles. The molecule has 0 spiro atoms. The lowest BCUT2D eigenvalue weighted by molar-refractivity contribution is 0.0986. The first-order chi connectivity index (χ1) is 5.85. The van der Waals surface area contributed by atoms with Crippen molar-refractivity contribution >= 4 is 0 Å². The minimum atomic E-state index is -0.271. The van der Waals surface area contributed by atoms with Gasteiger partial charge in [0.2, 0.25) is 0 Å². The molecule has 1 atom stereocenters. The van der Waals surface area contributed by atoms with Crippen molar-refractivity contribution in [2.75, 3.05) is 7.11 Å². The first-order valence-corrected chi connectivity index (χ1v) is 4.42. The first kappa shape index (κ1) is 11.3. The molecule has 0 bridgehead atoms. The van der Waals surface area contributed by atoms with E-state index in [9.17, 15) is 0 Å². The van der Waals surface area contributed by atoms with Crippen molar-refractivity contribution in [2.45, 2.75) is 45.3 Å². The highest BCUT2D eigenvalue weighted by molar-refractivity contribution is 4.55. The van der Waals surface area contributed by atoms with E-state index in [1.54, 1.807) is 7.11 Å². The van der Waals surface area contributed by atoms with Gasteiger partial charge in [0.1, 0.15) is 6.23 Å². The first-order valence-electron chi connectivity index (χ1n) is 4.42. The highest BCUT2D eigenvalue weighted by atomic mass is 16.5. The van der Waals surface area contributed by atoms with Gasteiger partial charge in [-0.05, 0) is 12.0 Å². The molecule has 0 amide bonds. The fraction of sp³-hybridized carbons (Fsp3) is 1.00. The van der Waals surface area contributed by atoms with Gasteiger partial charge >= 0.3 is 0 Å². The zero-order valence-corrected chi connectivity index (χ0v) is 7.86. The molecule has 0 aromatic heterocycles. The van der Waals surface area contributed by atoms with Crippen LogP contribution in [0.5, 0.6) is 0 Å². The number of rotatable bonds is 7. The van der Waals surface area contributed by atoms with Gasteiger partial charge in [0, 0.05) is 12.0 Å². The Bertz CT molecular complexity index is 143. The Balaban J connectivity index is 3.38. The SMILES string of the molecule is CCCCCCC(N=[N+]=[N-])OC. The lowest BCUT2D eigenvalue weighted by Crippen LogP contribution is -2.05. The second kappa shape index (κ2) is 8.37. The van der Waals surface area contributed by atoms with Crippen LogP contribution in [0.2, 0.25) is 0 Å². The predicted molar refractivity (Wildman–Crippen MR) is 48.7 cm³/mol. The summed E-state index contributed by atoms with van der Waals surface area (Å²) in [5.74, 6) is 0. The Labute approximate surface area is 73.5 Å². The Morgan fingerprint density at radius 3 is 2.67 bits per heavy atom. The van der Waals surface area contributed by atoms with Crippen LogP contribution in [0.4, 0.5) is 0 Å². The number of unbranched alkanes of at least 4 members (excludes halogenated alkanes) is 3. The zero-order valence-electron chi connectivity index (χ0n) is 7.86. The van der Waals surface area contributed by atoms with Gasteiger partial charge < -0.3 is 4.74 Å². The monoisotopic (exact) mass is 171 g/mol. The molecule has 0 rings (SSSR count). The van der Waals surface area contributed by atoms with Gasteiger partial charge in [-0.25, -0.2) is 0 Å². The smallest absolute Gasteiger partial charge is 0.136 e. The summed E-state index contributed by atoms with van der Waals surface area (Å²) < 4.78 is 4.95. The number of ether oxygens (including phenoxy) is 1. The van der Waals surface area contributed by atoms with Crippen molar-refractivity contribution in [1.82, 2.24) is 0 Å². The summed E-state index contributed by atoms with van der Waals surface area (Å²) >= 11 is 0. The van der Waals surface area contributed by atoms with E-state index in [2.05, 4.69) is 16.9 Å². The Hall–Kier alpha value is -0.730. The minimum Gasteiger partial charge on any atom is -0.375 e. The lowest BCUT2D eigenvalue weighted by atomic mass is 10.1. The second-order valence-electron chi connectivity index (χ2n) is 2.74. The summed E-state index contributed by atoms with van der Waals surface area (Å²) in [6.45, 7) is 2.17. The number of nitrogens with zero attached hydrogens (tertiary/aromatic N) is 3. The molecule has 0 N–H and O–H groups in total. The normalized spacial score (nSPS) is 12.2. The van der Waals surface area contributed by atoms with Crippen molar-refractivity contribution in [3.8, 4) is 0 Å². The second-order valence-corrected chi connectivity index (χ2v) is 2.74. The molecule has 0 saturated heterocycles. The van der Waals surface area contributed by atoms with Crippen LogP contribution in [0.1, 0.15) is 39.0 Å². The minimum absolute atomic E-state index is 0.271. The summed E-state index contributed by atoms with van der Waals surface area (Å²) in [7, 11) is 1.57. The molecule has 70 valence electrons. The van der Waals surface area contributed by atoms with E-state index in [1.807, 2.05) is 0 Å². The maximum Gasteiger partial charge on any atom is 0.136 e. The van der Waals surface area contributed by atoms with Crippen molar-refractivity contribution in [3.63, 3.8) is 0 Å². The third-order valence-corrected chi connectivity index (χ3v) is 1.76. The standard InChI is InChI=1S/C8H17N3O/c1-3-4-5-6-7-8(12-2)10-11-9/h8H,3-7H2,1-2H3. The van der Waals surface area contributed by atoms with Crippen LogP contribution < -0.4 is 0 Å². The summed E-state index contributed by atoms with van der Waals surface area (Å²) in [6.07, 6.45) is 5.29. The summed E-state index contributed by atoms with van der Waals surface area (Å²) in [5.41, 5.74) is 8.15. The van der Waals surface area contributed by atoms with E-state index < -0.39 is 0 Å². The molecular formula is C8H17N3O. The van der Waals surface area contributed by atoms with Crippen molar-refractivity contribution < 1.29 is 4.74 Å². The fourth-order valence-electron chi connectivity index (χ4n) is 1.03. The molecule has 4 heteroatoms. The van der Waals surface area contributed by atoms with Crippen LogP contribution in [0, 0.1) is 0 Å². The number of methoxy groups -OCH3 is 1. The van der Waals surface area contributed by atoms with Crippen LogP contribution >= 0.6 is 0 Å². The van der Waals surface area contributed by atoms with E-state index >= 15 is 0 Å². The maximum atomic E-state index is 8.15. The lowest BCUT2D eigenvalue weighted by Gasteiger charge is -2.07. The van der Waals surface area contributed by atoms with Gasteiger partial charge in [-0.15, -0.1) is 0 Å². The van der Waals surface area contributed by atoms with E-state index in [4.69, 9.17) is 10.3 Å². The average molecular weight is 171 g/mol. The molecule has 0 aliphatic rings. The molecule has 0 radical (unpaired) electrons. The molecule has 0 aromatic carbocycles. The molecular weight excluding hydrogens is 154 g/mol. The molecule has 12 heavy (non-hydrogen) atoms. The molecule has 4 nitrogen and oxygen atoms in total. The van der Waals surface area contributed by atoms with Crippen LogP contribution in [0.15, 0.2) is 5.11 Å². The Kier molecular flexibility index (Phi) is 7.86. The van der Waals surface area contributed by atoms with Gasteiger partial charge in [-0.3, -0.25) is 0 Å². The van der Waals surface area contributed by atoms with Crippen molar-refractivity contribution in [3.05, 3.63) is 10.4 Å². The van der Waals surface area contributed by atoms with Crippen LogP contribution in [0.25, 0.3) is 10.4 Å². The third kappa shape index (κ3) is 6.01. The Morgan fingerprint density at radius 2 is 2.17 bits per heavy atom. The van der Waals surface area contributed by atoms with E-state index in [1.165, 1.54) is 19.3 Å². The number of azide groups is 1. The summed E-state index contributed by atoms with van der Waals surface area (Å²) in [6, 6.07) is 0. The van der Waals surface area contributed by atoms with Crippen molar-refractivity contribution in [2.24, 2.45) is 5.11 Å². The molecule has 0 saturated carbocycles. The maximum absolute atomic E-state index is 8.15. The number of hydrogen-bond donors (Lipinski definition) is 0. The van der Waals surface area contributed by atoms with Gasteiger partial charge in [-0.1, -0.05) is 37.7 Å². The van der Waals surface area contributed by atoms with Gasteiger partial charge in [-0.2, -0.15) is 0 Å². The van der Waals surface area contributed by atoms with Crippen LogP contribution in [0.3, 0.4) is 0 Å². The summed E-state index contributed by atoms with van der Waals surface area (Å²) in [5, 5.41) is 3.50. The zero-order chi connectivity index (χ0) is 9.23. The van der Waals surface area contributed by atoms with Gasteiger partial charge in [0.15, 0.2) is 0 Å². The molecule has 0 aliphatic heterocycles. The van der Waals surface area contributed by atoms with E-state index in [0.29, 0.717) is 0 Å². The van der Waals surface area contributed by atoms with E-state index in [-0.39, 0.29) is 6.23 Å². The van der Waals surface area contributed by atoms with Gasteiger partial charge in [0.05, 0.1) is 0 Å². The van der Waals surface area contributed by atoms with Gasteiger partial charge in [0.25, 0.3) is 0 Å². The predicted octanol–water partition coefficient (Wildman–Crippen LogP) is 3.24. The molecule has 0 heterocycles. The van der Waals surface area contributed by atoms with Crippen molar-refractivity contribution in [1.29, 1.82) is 0 Å². The van der Waals surface area contributed by atoms with Crippen LogP contribution in [-0.4, -0.2) is 13.3 Å². The quantitative estimate of drug-likeness (QED) is 0.251. The summed E-state index contributed by atoms with van der Waals surface area (Å²) in [4.78, 5) is 2.71. The average Bonchev–Trinajstić information content (AvgIpc) is 2.10. The molecule has 1 unspecified atom stereocenters. The molecule has 0 fully saturated rings. The highest BCUT2D eigenvalue weighted by Gasteiger charge is 2.02. The number of hydrogen-bond acceptors (Lipinski definition) is 2. The topological polar surface area (TPSA) is 58.0 Å². The largest absolute Gasteiger partial charge is 0.375 e. The Morgan fingerprint density at radius 1 is 1.42 bits per heavy atom. The third-order valence-electron chi connectivity index (χ3n) is 1.76. The fourth-order valence-corrected chi connectivity index (χ4v) is 1.03. The highest BCUT2D eigenvalue weighted by Crippen LogP contribution is 2.08.